The molecule has 0 radical (unpaired) electrons. The van der Waals surface area contributed by atoms with E-state index in [1.165, 1.54) is 0 Å². The number of aromatic nitrogens is 2. The molecule has 0 atom stereocenters. The average Bonchev–Trinajstić information content (AvgIpc) is 2.06. The van der Waals surface area contributed by atoms with Crippen LogP contribution in [0, 0.1) is 0 Å². The SMILES string of the molecule is CCCc1cnc(C(N)=O)nc1. The minimum Gasteiger partial charge on any atom is -0.363 e. The molecule has 0 aliphatic carbocycles. The van der Waals surface area contributed by atoms with E-state index in [4.69, 9.17) is 5.73 Å². The van der Waals surface area contributed by atoms with Gasteiger partial charge in [-0.25, -0.2) is 9.97 Å². The van der Waals surface area contributed by atoms with Crippen molar-refractivity contribution < 1.29 is 4.79 Å². The second-order valence-corrected chi connectivity index (χ2v) is 2.53. The molecule has 0 spiro atoms. The molecule has 1 aromatic heterocycles. The number of hydrogen-bond donors (Lipinski definition) is 1. The number of nitrogens with two attached hydrogens (primary N) is 1. The fourth-order valence-corrected chi connectivity index (χ4v) is 0.900. The van der Waals surface area contributed by atoms with Crippen molar-refractivity contribution >= 4 is 5.91 Å². The average molecular weight is 165 g/mol. The Kier molecular flexibility index (Phi) is 2.74. The lowest BCUT2D eigenvalue weighted by Crippen LogP contribution is -2.15. The number of rotatable bonds is 3. The Bertz CT molecular complexity index is 268. The van der Waals surface area contributed by atoms with Crippen molar-refractivity contribution in [2.45, 2.75) is 19.8 Å². The molecule has 64 valence electrons. The number of primary amides is 1. The summed E-state index contributed by atoms with van der Waals surface area (Å²) in [4.78, 5) is 18.2. The third-order valence-electron chi connectivity index (χ3n) is 1.46. The Morgan fingerprint density at radius 2 is 2.08 bits per heavy atom. The Morgan fingerprint density at radius 3 is 2.50 bits per heavy atom. The minimum atomic E-state index is -0.585. The maximum atomic E-state index is 10.6. The normalized spacial score (nSPS) is 9.75. The van der Waals surface area contributed by atoms with Crippen LogP contribution in [0.2, 0.25) is 0 Å². The summed E-state index contributed by atoms with van der Waals surface area (Å²) in [7, 11) is 0. The van der Waals surface area contributed by atoms with Crippen molar-refractivity contribution in [1.82, 2.24) is 9.97 Å². The number of aryl methyl sites for hydroxylation is 1. The molecule has 1 aromatic rings. The summed E-state index contributed by atoms with van der Waals surface area (Å²) in [6.07, 6.45) is 5.24. The molecule has 0 saturated carbocycles. The number of carbonyl (C=O) groups is 1. The summed E-state index contributed by atoms with van der Waals surface area (Å²) >= 11 is 0. The van der Waals surface area contributed by atoms with Gasteiger partial charge in [0.1, 0.15) is 0 Å². The lowest BCUT2D eigenvalue weighted by Gasteiger charge is -1.97. The number of amides is 1. The highest BCUT2D eigenvalue weighted by Gasteiger charge is 2.01. The van der Waals surface area contributed by atoms with Gasteiger partial charge in [-0.3, -0.25) is 4.79 Å². The molecule has 2 N–H and O–H groups in total. The van der Waals surface area contributed by atoms with Crippen LogP contribution >= 0.6 is 0 Å². The predicted molar refractivity (Wildman–Crippen MR) is 44.5 cm³/mol. The van der Waals surface area contributed by atoms with Crippen molar-refractivity contribution in [2.75, 3.05) is 0 Å². The second-order valence-electron chi connectivity index (χ2n) is 2.53. The Balaban J connectivity index is 2.78. The zero-order valence-corrected chi connectivity index (χ0v) is 6.95. The summed E-state index contributed by atoms with van der Waals surface area (Å²) in [6, 6.07) is 0. The lowest BCUT2D eigenvalue weighted by molar-refractivity contribution is 0.0990. The molecular weight excluding hydrogens is 154 g/mol. The zero-order chi connectivity index (χ0) is 8.97. The van der Waals surface area contributed by atoms with Crippen LogP contribution in [0.1, 0.15) is 29.5 Å². The van der Waals surface area contributed by atoms with Gasteiger partial charge in [-0.15, -0.1) is 0 Å². The van der Waals surface area contributed by atoms with Gasteiger partial charge in [-0.1, -0.05) is 13.3 Å². The van der Waals surface area contributed by atoms with E-state index in [0.717, 1.165) is 18.4 Å². The van der Waals surface area contributed by atoms with Crippen LogP contribution in [0.25, 0.3) is 0 Å². The molecule has 1 rings (SSSR count). The maximum Gasteiger partial charge on any atom is 0.286 e. The Hall–Kier alpha value is -1.45. The predicted octanol–water partition coefficient (Wildman–Crippen LogP) is 0.528. The molecule has 0 saturated heterocycles. The first-order valence-corrected chi connectivity index (χ1v) is 3.84. The summed E-state index contributed by atoms with van der Waals surface area (Å²) in [5, 5.41) is 0. The van der Waals surface area contributed by atoms with Gasteiger partial charge < -0.3 is 5.73 Å². The minimum absolute atomic E-state index is 0.0786. The summed E-state index contributed by atoms with van der Waals surface area (Å²) in [5.41, 5.74) is 6.00. The molecule has 12 heavy (non-hydrogen) atoms. The molecular formula is C8H11N3O. The Morgan fingerprint density at radius 1 is 1.50 bits per heavy atom. The second kappa shape index (κ2) is 3.80. The molecule has 0 aromatic carbocycles. The van der Waals surface area contributed by atoms with Gasteiger partial charge in [0, 0.05) is 12.4 Å². The van der Waals surface area contributed by atoms with Gasteiger partial charge in [0.2, 0.25) is 5.82 Å². The van der Waals surface area contributed by atoms with E-state index >= 15 is 0 Å². The first kappa shape index (κ1) is 8.64. The molecule has 1 amide bonds. The number of carbonyl (C=O) groups excluding carboxylic acids is 1. The van der Waals surface area contributed by atoms with Crippen LogP contribution in [-0.2, 0) is 6.42 Å². The van der Waals surface area contributed by atoms with Crippen molar-refractivity contribution in [3.8, 4) is 0 Å². The van der Waals surface area contributed by atoms with Crippen LogP contribution in [0.15, 0.2) is 12.4 Å². The van der Waals surface area contributed by atoms with E-state index in [9.17, 15) is 4.79 Å². The molecule has 0 bridgehead atoms. The van der Waals surface area contributed by atoms with Crippen LogP contribution in [-0.4, -0.2) is 15.9 Å². The topological polar surface area (TPSA) is 68.9 Å². The molecule has 0 unspecified atom stereocenters. The molecule has 0 fully saturated rings. The summed E-state index contributed by atoms with van der Waals surface area (Å²) in [5.74, 6) is -0.507. The first-order chi connectivity index (χ1) is 5.74. The standard InChI is InChI=1S/C8H11N3O/c1-2-3-6-4-10-8(7(9)12)11-5-6/h4-5H,2-3H2,1H3,(H2,9,12). The van der Waals surface area contributed by atoms with Gasteiger partial charge in [-0.2, -0.15) is 0 Å². The largest absolute Gasteiger partial charge is 0.363 e. The molecule has 0 aliphatic heterocycles. The summed E-state index contributed by atoms with van der Waals surface area (Å²) < 4.78 is 0. The third-order valence-corrected chi connectivity index (χ3v) is 1.46. The summed E-state index contributed by atoms with van der Waals surface area (Å²) in [6.45, 7) is 2.07. The van der Waals surface area contributed by atoms with Gasteiger partial charge in [0.15, 0.2) is 0 Å². The number of nitrogens with zero attached hydrogens (tertiary/aromatic N) is 2. The van der Waals surface area contributed by atoms with E-state index < -0.39 is 5.91 Å². The number of hydrogen-bond acceptors (Lipinski definition) is 3. The van der Waals surface area contributed by atoms with Crippen LogP contribution in [0.5, 0.6) is 0 Å². The van der Waals surface area contributed by atoms with Crippen LogP contribution < -0.4 is 5.73 Å². The molecule has 4 nitrogen and oxygen atoms in total. The van der Waals surface area contributed by atoms with Gasteiger partial charge >= 0.3 is 0 Å². The maximum absolute atomic E-state index is 10.6. The Labute approximate surface area is 70.8 Å². The van der Waals surface area contributed by atoms with Crippen molar-refractivity contribution in [2.24, 2.45) is 5.73 Å². The van der Waals surface area contributed by atoms with E-state index in [1.54, 1.807) is 12.4 Å². The van der Waals surface area contributed by atoms with E-state index in [1.807, 2.05) is 0 Å². The lowest BCUT2D eigenvalue weighted by atomic mass is 10.2. The highest BCUT2D eigenvalue weighted by Crippen LogP contribution is 1.98. The fraction of sp³-hybridized carbons (Fsp3) is 0.375. The van der Waals surface area contributed by atoms with Crippen LogP contribution in [0.3, 0.4) is 0 Å². The van der Waals surface area contributed by atoms with Crippen molar-refractivity contribution in [3.05, 3.63) is 23.8 Å². The van der Waals surface area contributed by atoms with E-state index in [-0.39, 0.29) is 5.82 Å². The third kappa shape index (κ3) is 2.02. The first-order valence-electron chi connectivity index (χ1n) is 3.84. The van der Waals surface area contributed by atoms with Crippen LogP contribution in [0.4, 0.5) is 0 Å². The molecule has 4 heteroatoms. The van der Waals surface area contributed by atoms with E-state index in [0.29, 0.717) is 0 Å². The van der Waals surface area contributed by atoms with Crippen molar-refractivity contribution in [1.29, 1.82) is 0 Å². The van der Waals surface area contributed by atoms with Gasteiger partial charge in [-0.05, 0) is 12.0 Å². The quantitative estimate of drug-likeness (QED) is 0.710. The highest BCUT2D eigenvalue weighted by molar-refractivity contribution is 5.88. The molecule has 0 aliphatic rings. The van der Waals surface area contributed by atoms with Crippen molar-refractivity contribution in [3.63, 3.8) is 0 Å². The van der Waals surface area contributed by atoms with E-state index in [2.05, 4.69) is 16.9 Å². The fourth-order valence-electron chi connectivity index (χ4n) is 0.900. The zero-order valence-electron chi connectivity index (χ0n) is 6.95. The molecule has 1 heterocycles. The van der Waals surface area contributed by atoms with Gasteiger partial charge in [0.05, 0.1) is 0 Å². The highest BCUT2D eigenvalue weighted by atomic mass is 16.1. The monoisotopic (exact) mass is 165 g/mol. The van der Waals surface area contributed by atoms with Gasteiger partial charge in [0.25, 0.3) is 5.91 Å². The smallest absolute Gasteiger partial charge is 0.286 e.